The molecule has 4 heterocycles. The van der Waals surface area contributed by atoms with Gasteiger partial charge in [-0.1, -0.05) is 45.9 Å². The fraction of sp³-hybridized carbons (Fsp3) is 0.455. The number of hydrogen-bond acceptors (Lipinski definition) is 9. The van der Waals surface area contributed by atoms with Gasteiger partial charge < -0.3 is 44.6 Å². The average molecular weight is 803 g/mol. The van der Waals surface area contributed by atoms with Gasteiger partial charge in [-0.3, -0.25) is 9.59 Å². The number of likely N-dealkylation sites (tertiary alicyclic amines) is 2. The summed E-state index contributed by atoms with van der Waals surface area (Å²) in [6.45, 7) is 7.66. The van der Waals surface area contributed by atoms with Gasteiger partial charge in [0.15, 0.2) is 0 Å². The number of benzene rings is 3. The summed E-state index contributed by atoms with van der Waals surface area (Å²) in [7, 11) is 2.59. The summed E-state index contributed by atoms with van der Waals surface area (Å²) in [5, 5.41) is 5.48. The van der Waals surface area contributed by atoms with Crippen LogP contribution in [0.1, 0.15) is 77.1 Å². The van der Waals surface area contributed by atoms with Crippen LogP contribution in [0.15, 0.2) is 60.7 Å². The molecule has 15 heteroatoms. The second-order valence-electron chi connectivity index (χ2n) is 17.1. The van der Waals surface area contributed by atoms with Crippen molar-refractivity contribution in [2.75, 3.05) is 14.2 Å². The van der Waals surface area contributed by atoms with Crippen LogP contribution in [-0.2, 0) is 19.1 Å². The normalized spacial score (nSPS) is 23.9. The third-order valence-corrected chi connectivity index (χ3v) is 12.5. The second-order valence-corrected chi connectivity index (χ2v) is 17.1. The molecular formula is C44H50N8O7. The minimum atomic E-state index is -0.698. The molecule has 308 valence electrons. The molecule has 4 amide bonds. The predicted octanol–water partition coefficient (Wildman–Crippen LogP) is 6.98. The van der Waals surface area contributed by atoms with Gasteiger partial charge in [-0.2, -0.15) is 0 Å². The highest BCUT2D eigenvalue weighted by Crippen LogP contribution is 2.54. The fourth-order valence-corrected chi connectivity index (χ4v) is 9.23. The molecule has 0 spiro atoms. The summed E-state index contributed by atoms with van der Waals surface area (Å²) in [5.41, 5.74) is 5.19. The highest BCUT2D eigenvalue weighted by molar-refractivity contribution is 5.89. The molecule has 2 saturated carbocycles. The maximum atomic E-state index is 13.9. The van der Waals surface area contributed by atoms with E-state index in [1.807, 2.05) is 92.1 Å². The number of nitrogens with zero attached hydrogens (tertiary/aromatic N) is 4. The van der Waals surface area contributed by atoms with Gasteiger partial charge in [0.25, 0.3) is 0 Å². The van der Waals surface area contributed by atoms with Crippen molar-refractivity contribution in [3.8, 4) is 22.6 Å². The van der Waals surface area contributed by atoms with Gasteiger partial charge in [-0.05, 0) is 96.9 Å². The first kappa shape index (κ1) is 38.4. The fourth-order valence-electron chi connectivity index (χ4n) is 9.23. The molecule has 0 bridgehead atoms. The molecule has 9 rings (SSSR count). The Hall–Kier alpha value is -6.12. The first-order chi connectivity index (χ1) is 28.4. The van der Waals surface area contributed by atoms with Crippen LogP contribution in [0, 0.1) is 23.7 Å². The molecule has 0 unspecified atom stereocenters. The minimum absolute atomic E-state index is 0.111. The lowest BCUT2D eigenvalue weighted by molar-refractivity contribution is -0.137. The van der Waals surface area contributed by atoms with Crippen molar-refractivity contribution in [2.24, 2.45) is 23.7 Å². The van der Waals surface area contributed by atoms with E-state index in [2.05, 4.69) is 26.7 Å². The number of ether oxygens (including phenoxy) is 3. The van der Waals surface area contributed by atoms with Gasteiger partial charge in [-0.25, -0.2) is 19.6 Å². The van der Waals surface area contributed by atoms with Crippen molar-refractivity contribution in [2.45, 2.75) is 89.6 Å². The van der Waals surface area contributed by atoms with E-state index in [1.54, 1.807) is 0 Å². The number of amides is 4. The van der Waals surface area contributed by atoms with E-state index in [-0.39, 0.29) is 47.8 Å². The van der Waals surface area contributed by atoms with Gasteiger partial charge >= 0.3 is 12.2 Å². The zero-order valence-corrected chi connectivity index (χ0v) is 34.0. The number of piperidine rings is 2. The van der Waals surface area contributed by atoms with E-state index in [1.165, 1.54) is 14.2 Å². The van der Waals surface area contributed by atoms with Crippen molar-refractivity contribution >= 4 is 46.1 Å². The van der Waals surface area contributed by atoms with Crippen LogP contribution in [-0.4, -0.2) is 92.1 Å². The number of fused-ring (bicyclic) bond motifs is 4. The maximum Gasteiger partial charge on any atom is 0.407 e. The van der Waals surface area contributed by atoms with Crippen molar-refractivity contribution in [3.63, 3.8) is 0 Å². The van der Waals surface area contributed by atoms with Crippen LogP contribution in [0.2, 0.25) is 0 Å². The van der Waals surface area contributed by atoms with Crippen LogP contribution in [0.25, 0.3) is 33.2 Å². The number of methoxy groups -OCH3 is 2. The lowest BCUT2D eigenvalue weighted by atomic mass is 10.0. The summed E-state index contributed by atoms with van der Waals surface area (Å²) in [5.74, 6) is 3.16. The molecule has 0 radical (unpaired) electrons. The smallest absolute Gasteiger partial charge is 0.407 e. The van der Waals surface area contributed by atoms with E-state index < -0.39 is 24.3 Å². The first-order valence-corrected chi connectivity index (χ1v) is 20.5. The molecule has 15 nitrogen and oxygen atoms in total. The van der Waals surface area contributed by atoms with Crippen LogP contribution in [0.5, 0.6) is 11.5 Å². The topological polar surface area (TPSA) is 184 Å². The molecule has 4 N–H and O–H groups in total. The molecule has 4 aliphatic rings. The number of hydrogen-bond donors (Lipinski definition) is 4. The van der Waals surface area contributed by atoms with E-state index >= 15 is 0 Å². The minimum Gasteiger partial charge on any atom is -0.457 e. The number of carbonyl (C=O) groups excluding carboxylic acids is 4. The molecule has 2 saturated heterocycles. The summed E-state index contributed by atoms with van der Waals surface area (Å²) in [6.07, 6.45) is 2.32. The Labute approximate surface area is 341 Å². The van der Waals surface area contributed by atoms with Gasteiger partial charge in [-0.15, -0.1) is 0 Å². The van der Waals surface area contributed by atoms with Crippen molar-refractivity contribution in [1.29, 1.82) is 0 Å². The monoisotopic (exact) mass is 802 g/mol. The Kier molecular flexibility index (Phi) is 9.71. The van der Waals surface area contributed by atoms with Crippen LogP contribution >= 0.6 is 0 Å². The number of nitrogens with one attached hydrogen (secondary N) is 4. The number of aromatic nitrogens is 4. The molecular weight excluding hydrogens is 753 g/mol. The Morgan fingerprint density at radius 2 is 1.14 bits per heavy atom. The summed E-state index contributed by atoms with van der Waals surface area (Å²) in [6, 6.07) is 18.2. The molecule has 5 aromatic rings. The van der Waals surface area contributed by atoms with E-state index in [4.69, 9.17) is 24.2 Å². The second kappa shape index (κ2) is 14.9. The lowest BCUT2D eigenvalue weighted by Gasteiger charge is -2.31. The molecule has 59 heavy (non-hydrogen) atoms. The SMILES string of the molecule is COC(=O)N[C@H](C(=O)N1[C@@H]2C[C@@H]2C[C@H]1c1nc2ccc(Oc3cccc(-c4ccc5nc([C@@H]6C[C@H]7C[C@H]7N6C(=O)[C@@H](NC(=O)OC)C(C)C)[nH]c5c4)c3)cc2[nH]1)C(C)C. The molecule has 4 fully saturated rings. The number of carbonyl (C=O) groups is 4. The molecule has 3 aromatic carbocycles. The van der Waals surface area contributed by atoms with Crippen LogP contribution < -0.4 is 15.4 Å². The Bertz CT molecular complexity index is 2460. The number of H-pyrrole nitrogens is 2. The van der Waals surface area contributed by atoms with Crippen LogP contribution in [0.3, 0.4) is 0 Å². The predicted molar refractivity (Wildman–Crippen MR) is 218 cm³/mol. The number of alkyl carbamates (subject to hydrolysis) is 2. The van der Waals surface area contributed by atoms with Gasteiger partial charge in [0.2, 0.25) is 11.8 Å². The summed E-state index contributed by atoms with van der Waals surface area (Å²) < 4.78 is 16.0. The zero-order valence-electron chi connectivity index (χ0n) is 34.0. The quantitative estimate of drug-likeness (QED) is 0.109. The van der Waals surface area contributed by atoms with Crippen molar-refractivity contribution < 1.29 is 33.4 Å². The van der Waals surface area contributed by atoms with E-state index in [0.717, 1.165) is 70.5 Å². The summed E-state index contributed by atoms with van der Waals surface area (Å²) >= 11 is 0. The van der Waals surface area contributed by atoms with E-state index in [9.17, 15) is 19.2 Å². The van der Waals surface area contributed by atoms with Crippen molar-refractivity contribution in [3.05, 3.63) is 72.3 Å². The highest BCUT2D eigenvalue weighted by Gasteiger charge is 2.57. The van der Waals surface area contributed by atoms with Gasteiger partial charge in [0, 0.05) is 18.2 Å². The number of rotatable bonds is 11. The Morgan fingerprint density at radius 3 is 1.66 bits per heavy atom. The number of aromatic amines is 2. The lowest BCUT2D eigenvalue weighted by Crippen LogP contribution is -2.52. The van der Waals surface area contributed by atoms with Gasteiger partial charge in [0.05, 0.1) is 48.4 Å². The number of imidazole rings is 2. The molecule has 2 aromatic heterocycles. The third kappa shape index (κ3) is 7.20. The first-order valence-electron chi connectivity index (χ1n) is 20.5. The molecule has 8 atom stereocenters. The molecule has 2 aliphatic carbocycles. The van der Waals surface area contributed by atoms with Crippen molar-refractivity contribution in [1.82, 2.24) is 40.4 Å². The van der Waals surface area contributed by atoms with Crippen LogP contribution in [0.4, 0.5) is 9.59 Å². The standard InChI is InChI=1S/C44H50N8O7/c1-21(2)37(49-43(55)57-5)41(53)51-33-16-25(33)18-35(51)39-45-29-12-10-24(15-31(29)47-39)23-8-7-9-27(14-23)59-28-11-13-30-32(20-28)48-40(46-30)36-19-26-17-34(26)52(36)42(54)38(22(3)4)50-44(56)58-6/h7-15,20-22,25-26,33-38H,16-19H2,1-6H3,(H,45,47)(H,46,48)(H,49,55)(H,50,56)/t25-,26-,33-,34-,35+,36+,37+,38+/m1/s1. The Balaban J connectivity index is 0.911. The maximum absolute atomic E-state index is 13.9. The van der Waals surface area contributed by atoms with Gasteiger partial charge in [0.1, 0.15) is 35.2 Å². The zero-order chi connectivity index (χ0) is 41.3. The third-order valence-electron chi connectivity index (χ3n) is 12.5. The summed E-state index contributed by atoms with van der Waals surface area (Å²) in [4.78, 5) is 72.6. The highest BCUT2D eigenvalue weighted by atomic mass is 16.5. The van der Waals surface area contributed by atoms with E-state index in [0.29, 0.717) is 23.3 Å². The largest absolute Gasteiger partial charge is 0.457 e. The molecule has 2 aliphatic heterocycles. The average Bonchev–Trinajstić information content (AvgIpc) is 3.89. The Morgan fingerprint density at radius 1 is 0.644 bits per heavy atom.